The first kappa shape index (κ1) is 19.8. The molecule has 4 rings (SSSR count). The van der Waals surface area contributed by atoms with Crippen molar-refractivity contribution in [1.29, 1.82) is 0 Å². The molecule has 8 nitrogen and oxygen atoms in total. The molecule has 9 heteroatoms. The van der Waals surface area contributed by atoms with E-state index in [-0.39, 0.29) is 5.82 Å². The Morgan fingerprint density at radius 3 is 2.60 bits per heavy atom. The van der Waals surface area contributed by atoms with E-state index in [4.69, 9.17) is 0 Å². The largest absolute Gasteiger partial charge is 0.330 e. The van der Waals surface area contributed by atoms with Gasteiger partial charge < -0.3 is 4.57 Å². The second kappa shape index (κ2) is 8.10. The highest BCUT2D eigenvalue weighted by atomic mass is 19.1. The number of nitrogens with one attached hydrogen (secondary N) is 1. The first-order chi connectivity index (χ1) is 14.5. The van der Waals surface area contributed by atoms with Crippen molar-refractivity contribution < 1.29 is 4.39 Å². The van der Waals surface area contributed by atoms with Crippen molar-refractivity contribution in [2.45, 2.75) is 46.3 Å². The summed E-state index contributed by atoms with van der Waals surface area (Å²) < 4.78 is 18.5. The van der Waals surface area contributed by atoms with Crippen molar-refractivity contribution in [3.05, 3.63) is 68.9 Å². The van der Waals surface area contributed by atoms with Gasteiger partial charge in [0, 0.05) is 19.3 Å². The highest BCUT2D eigenvalue weighted by Gasteiger charge is 2.20. The number of H-pyrrole nitrogens is 1. The minimum absolute atomic E-state index is 0.294. The van der Waals surface area contributed by atoms with Crippen LogP contribution in [0.2, 0.25) is 0 Å². The van der Waals surface area contributed by atoms with E-state index in [1.54, 1.807) is 16.9 Å². The van der Waals surface area contributed by atoms with Crippen LogP contribution < -0.4 is 11.2 Å². The summed E-state index contributed by atoms with van der Waals surface area (Å²) in [5, 5.41) is 4.37. The van der Waals surface area contributed by atoms with Crippen LogP contribution in [0.5, 0.6) is 0 Å². The maximum Gasteiger partial charge on any atom is 0.330 e. The molecule has 4 aromatic rings. The third-order valence-corrected chi connectivity index (χ3v) is 4.91. The quantitative estimate of drug-likeness (QED) is 0.507. The van der Waals surface area contributed by atoms with Gasteiger partial charge in [0.05, 0.1) is 18.3 Å². The number of hydrogen-bond acceptors (Lipinski definition) is 4. The zero-order valence-electron chi connectivity index (χ0n) is 16.9. The third kappa shape index (κ3) is 3.58. The van der Waals surface area contributed by atoms with Crippen molar-refractivity contribution in [2.24, 2.45) is 0 Å². The lowest BCUT2D eigenvalue weighted by Gasteiger charge is -2.06. The second-order valence-electron chi connectivity index (χ2n) is 7.23. The van der Waals surface area contributed by atoms with Gasteiger partial charge in [-0.1, -0.05) is 26.0 Å². The van der Waals surface area contributed by atoms with E-state index in [9.17, 15) is 14.0 Å². The van der Waals surface area contributed by atoms with Crippen LogP contribution in [0.4, 0.5) is 4.39 Å². The van der Waals surface area contributed by atoms with Crippen molar-refractivity contribution in [1.82, 2.24) is 28.9 Å². The van der Waals surface area contributed by atoms with Gasteiger partial charge in [-0.15, -0.1) is 0 Å². The molecule has 0 amide bonds. The minimum atomic E-state index is -0.455. The maximum atomic E-state index is 13.5. The van der Waals surface area contributed by atoms with Crippen LogP contribution in [0.25, 0.3) is 22.6 Å². The van der Waals surface area contributed by atoms with Crippen molar-refractivity contribution in [3.8, 4) is 11.4 Å². The SMILES string of the molecule is CCCn1c(-c2cnn(Cc3cccc(F)c3)c2)nc2c1c(=O)[nH]c(=O)n2CCC. The number of aromatic amines is 1. The Bertz CT molecular complexity index is 1310. The first-order valence-corrected chi connectivity index (χ1v) is 10.0. The number of imidazole rings is 1. The molecule has 0 aliphatic rings. The zero-order chi connectivity index (χ0) is 21.3. The molecule has 3 aromatic heterocycles. The Kier molecular flexibility index (Phi) is 5.35. The number of rotatable bonds is 7. The Balaban J connectivity index is 1.82. The summed E-state index contributed by atoms with van der Waals surface area (Å²) in [7, 11) is 0. The van der Waals surface area contributed by atoms with E-state index in [1.165, 1.54) is 16.7 Å². The van der Waals surface area contributed by atoms with Crippen molar-refractivity contribution in [2.75, 3.05) is 0 Å². The summed E-state index contributed by atoms with van der Waals surface area (Å²) in [6.07, 6.45) is 5.02. The van der Waals surface area contributed by atoms with E-state index >= 15 is 0 Å². The Hall–Kier alpha value is -3.49. The first-order valence-electron chi connectivity index (χ1n) is 10.0. The number of fused-ring (bicyclic) bond motifs is 1. The molecule has 0 unspecified atom stereocenters. The Labute approximate surface area is 171 Å². The zero-order valence-corrected chi connectivity index (χ0v) is 16.9. The second-order valence-corrected chi connectivity index (χ2v) is 7.23. The number of aryl methyl sites for hydroxylation is 2. The summed E-state index contributed by atoms with van der Waals surface area (Å²) >= 11 is 0. The number of nitrogens with zero attached hydrogens (tertiary/aromatic N) is 5. The predicted octanol–water partition coefficient (Wildman–Crippen LogP) is 2.76. The fourth-order valence-corrected chi connectivity index (χ4v) is 3.65. The number of benzene rings is 1. The lowest BCUT2D eigenvalue weighted by atomic mass is 10.2. The molecule has 0 radical (unpaired) electrons. The summed E-state index contributed by atoms with van der Waals surface area (Å²) in [5.74, 6) is 0.288. The van der Waals surface area contributed by atoms with Crippen LogP contribution in [0.15, 0.2) is 46.2 Å². The lowest BCUT2D eigenvalue weighted by molar-refractivity contribution is 0.619. The van der Waals surface area contributed by atoms with Gasteiger partial charge in [-0.3, -0.25) is 19.0 Å². The predicted molar refractivity (Wildman–Crippen MR) is 112 cm³/mol. The average molecular weight is 410 g/mol. The summed E-state index contributed by atoms with van der Waals surface area (Å²) in [5.41, 5.74) is 1.39. The van der Waals surface area contributed by atoms with Crippen LogP contribution in [-0.4, -0.2) is 28.9 Å². The summed E-state index contributed by atoms with van der Waals surface area (Å²) in [6.45, 7) is 5.43. The Morgan fingerprint density at radius 2 is 1.87 bits per heavy atom. The van der Waals surface area contributed by atoms with Crippen LogP contribution in [-0.2, 0) is 19.6 Å². The van der Waals surface area contributed by atoms with Crippen LogP contribution in [0.1, 0.15) is 32.3 Å². The standard InChI is InChI=1S/C21H23FN6O2/c1-3-8-27-17-19(28(9-4-2)21(30)25-20(17)29)24-18(27)15-11-23-26(13-15)12-14-6-5-7-16(22)10-14/h5-7,10-11,13H,3-4,8-9,12H2,1-2H3,(H,25,29,30). The minimum Gasteiger partial charge on any atom is -0.318 e. The fourth-order valence-electron chi connectivity index (χ4n) is 3.65. The van der Waals surface area contributed by atoms with E-state index in [2.05, 4.69) is 15.1 Å². The molecule has 156 valence electrons. The number of aromatic nitrogens is 6. The van der Waals surface area contributed by atoms with Gasteiger partial charge in [0.25, 0.3) is 5.56 Å². The summed E-state index contributed by atoms with van der Waals surface area (Å²) in [6, 6.07) is 6.36. The fraction of sp³-hybridized carbons (Fsp3) is 0.333. The molecule has 0 aliphatic carbocycles. The molecule has 1 N–H and O–H groups in total. The van der Waals surface area contributed by atoms with Crippen LogP contribution in [0, 0.1) is 5.82 Å². The van der Waals surface area contributed by atoms with Crippen molar-refractivity contribution in [3.63, 3.8) is 0 Å². The van der Waals surface area contributed by atoms with E-state index in [0.29, 0.717) is 36.6 Å². The molecule has 0 aliphatic heterocycles. The molecule has 3 heterocycles. The van der Waals surface area contributed by atoms with Gasteiger partial charge in [0.2, 0.25) is 0 Å². The van der Waals surface area contributed by atoms with Crippen LogP contribution in [0.3, 0.4) is 0 Å². The van der Waals surface area contributed by atoms with Crippen molar-refractivity contribution >= 4 is 11.2 Å². The molecule has 0 bridgehead atoms. The normalized spacial score (nSPS) is 11.4. The topological polar surface area (TPSA) is 90.5 Å². The van der Waals surface area contributed by atoms with E-state index in [1.807, 2.05) is 30.7 Å². The number of halogens is 1. The molecule has 0 fully saturated rings. The molecule has 0 spiro atoms. The van der Waals surface area contributed by atoms with Gasteiger partial charge in [0.1, 0.15) is 11.6 Å². The highest BCUT2D eigenvalue weighted by molar-refractivity contribution is 5.76. The third-order valence-electron chi connectivity index (χ3n) is 4.91. The van der Waals surface area contributed by atoms with Gasteiger partial charge in [0.15, 0.2) is 11.2 Å². The van der Waals surface area contributed by atoms with E-state index in [0.717, 1.165) is 24.0 Å². The van der Waals surface area contributed by atoms with Gasteiger partial charge >= 0.3 is 5.69 Å². The number of hydrogen-bond donors (Lipinski definition) is 1. The van der Waals surface area contributed by atoms with Gasteiger partial charge in [-0.2, -0.15) is 5.10 Å². The smallest absolute Gasteiger partial charge is 0.318 e. The molecular formula is C21H23FN6O2. The maximum absolute atomic E-state index is 13.5. The lowest BCUT2D eigenvalue weighted by Crippen LogP contribution is -2.31. The molecule has 30 heavy (non-hydrogen) atoms. The monoisotopic (exact) mass is 410 g/mol. The molecule has 0 atom stereocenters. The molecule has 1 aromatic carbocycles. The average Bonchev–Trinajstić information content (AvgIpc) is 3.30. The summed E-state index contributed by atoms with van der Waals surface area (Å²) in [4.78, 5) is 32.0. The molecule has 0 saturated carbocycles. The highest BCUT2D eigenvalue weighted by Crippen LogP contribution is 2.23. The molecule has 0 saturated heterocycles. The van der Waals surface area contributed by atoms with Gasteiger partial charge in [-0.05, 0) is 30.5 Å². The Morgan fingerprint density at radius 1 is 1.10 bits per heavy atom. The van der Waals surface area contributed by atoms with Gasteiger partial charge in [-0.25, -0.2) is 14.2 Å². The molecular weight excluding hydrogens is 387 g/mol. The van der Waals surface area contributed by atoms with E-state index < -0.39 is 11.2 Å². The van der Waals surface area contributed by atoms with Crippen LogP contribution >= 0.6 is 0 Å².